The van der Waals surface area contributed by atoms with Crippen LogP contribution in [0, 0.1) is 0 Å². The van der Waals surface area contributed by atoms with Gasteiger partial charge in [0.25, 0.3) is 5.91 Å². The molecule has 0 spiro atoms. The van der Waals surface area contributed by atoms with Gasteiger partial charge in [0.2, 0.25) is 10.0 Å². The Morgan fingerprint density at radius 2 is 1.96 bits per heavy atom. The molecule has 26 heavy (non-hydrogen) atoms. The van der Waals surface area contributed by atoms with Crippen LogP contribution < -0.4 is 0 Å². The number of sulfonamides is 1. The molecule has 8 heteroatoms. The van der Waals surface area contributed by atoms with Gasteiger partial charge >= 0.3 is 0 Å². The summed E-state index contributed by atoms with van der Waals surface area (Å²) in [7, 11) is -3.42. The predicted octanol–water partition coefficient (Wildman–Crippen LogP) is 1.54. The van der Waals surface area contributed by atoms with Crippen molar-refractivity contribution >= 4 is 15.9 Å². The van der Waals surface area contributed by atoms with Crippen LogP contribution in [0.2, 0.25) is 0 Å². The lowest BCUT2D eigenvalue weighted by molar-refractivity contribution is 0.0650. The molecule has 2 aromatic rings. The minimum Gasteiger partial charge on any atom is -0.337 e. The molecule has 0 saturated carbocycles. The highest BCUT2D eigenvalue weighted by atomic mass is 32.2. The van der Waals surface area contributed by atoms with E-state index in [2.05, 4.69) is 9.97 Å². The summed E-state index contributed by atoms with van der Waals surface area (Å²) in [6, 6.07) is 6.84. The van der Waals surface area contributed by atoms with Crippen LogP contribution in [0.15, 0.2) is 49.1 Å². The highest BCUT2D eigenvalue weighted by Crippen LogP contribution is 2.22. The number of nitrogens with zero attached hydrogens (tertiary/aromatic N) is 4. The van der Waals surface area contributed by atoms with E-state index in [0.717, 1.165) is 18.4 Å². The first-order valence-corrected chi connectivity index (χ1v) is 10.3. The van der Waals surface area contributed by atoms with Crippen LogP contribution in [0.1, 0.15) is 28.8 Å². The number of rotatable bonds is 5. The SMILES string of the molecule is CS(=O)(=O)N(Cc1cccnc1)C1CCCN(C(=O)c2cccnc2)C1. The maximum Gasteiger partial charge on any atom is 0.255 e. The molecule has 1 aliphatic rings. The van der Waals surface area contributed by atoms with Crippen molar-refractivity contribution in [2.75, 3.05) is 19.3 Å². The summed E-state index contributed by atoms with van der Waals surface area (Å²) in [5, 5.41) is 0. The molecule has 3 heterocycles. The summed E-state index contributed by atoms with van der Waals surface area (Å²) in [5.74, 6) is -0.113. The lowest BCUT2D eigenvalue weighted by Gasteiger charge is -2.38. The maximum atomic E-state index is 12.7. The highest BCUT2D eigenvalue weighted by molar-refractivity contribution is 7.88. The van der Waals surface area contributed by atoms with Crippen LogP contribution in [0.25, 0.3) is 0 Å². The molecule has 0 bridgehead atoms. The number of piperidine rings is 1. The maximum absolute atomic E-state index is 12.7. The van der Waals surface area contributed by atoms with Gasteiger partial charge in [-0.15, -0.1) is 0 Å². The van der Waals surface area contributed by atoms with Crippen molar-refractivity contribution < 1.29 is 13.2 Å². The zero-order valence-corrected chi connectivity index (χ0v) is 15.5. The van der Waals surface area contributed by atoms with E-state index in [9.17, 15) is 13.2 Å². The van der Waals surface area contributed by atoms with Crippen molar-refractivity contribution in [1.29, 1.82) is 0 Å². The topological polar surface area (TPSA) is 83.5 Å². The number of hydrogen-bond donors (Lipinski definition) is 0. The molecule has 1 saturated heterocycles. The second kappa shape index (κ2) is 7.92. The Kier molecular flexibility index (Phi) is 5.63. The van der Waals surface area contributed by atoms with Crippen LogP contribution in [0.4, 0.5) is 0 Å². The van der Waals surface area contributed by atoms with Gasteiger partial charge in [0, 0.05) is 50.5 Å². The van der Waals surface area contributed by atoms with E-state index < -0.39 is 10.0 Å². The Labute approximate surface area is 153 Å². The number of pyridine rings is 2. The largest absolute Gasteiger partial charge is 0.337 e. The van der Waals surface area contributed by atoms with Gasteiger partial charge < -0.3 is 4.90 Å². The minimum absolute atomic E-state index is 0.113. The third kappa shape index (κ3) is 4.44. The second-order valence-electron chi connectivity index (χ2n) is 6.46. The second-order valence-corrected chi connectivity index (χ2v) is 8.39. The molecule has 1 unspecified atom stereocenters. The first-order chi connectivity index (χ1) is 12.4. The first-order valence-electron chi connectivity index (χ1n) is 8.50. The molecule has 1 amide bonds. The molecular formula is C18H22N4O3S. The summed E-state index contributed by atoms with van der Waals surface area (Å²) in [6.07, 6.45) is 9.18. The Morgan fingerprint density at radius 1 is 1.23 bits per heavy atom. The van der Waals surface area contributed by atoms with E-state index in [-0.39, 0.29) is 18.5 Å². The van der Waals surface area contributed by atoms with E-state index in [0.29, 0.717) is 18.7 Å². The van der Waals surface area contributed by atoms with E-state index in [1.54, 1.807) is 41.7 Å². The van der Waals surface area contributed by atoms with Gasteiger partial charge in [-0.25, -0.2) is 8.42 Å². The molecule has 1 atom stereocenters. The summed E-state index contributed by atoms with van der Waals surface area (Å²) in [5.41, 5.74) is 1.35. The standard InChI is InChI=1S/C18H22N4O3S/c1-26(24,25)22(13-15-5-2-8-19-11-15)17-7-4-10-21(14-17)18(23)16-6-3-9-20-12-16/h2-3,5-6,8-9,11-12,17H,4,7,10,13-14H2,1H3. The average molecular weight is 374 g/mol. The molecule has 7 nitrogen and oxygen atoms in total. The van der Waals surface area contributed by atoms with Crippen molar-refractivity contribution in [2.45, 2.75) is 25.4 Å². The van der Waals surface area contributed by atoms with Gasteiger partial charge in [-0.3, -0.25) is 14.8 Å². The summed E-state index contributed by atoms with van der Waals surface area (Å²) < 4.78 is 26.2. The monoisotopic (exact) mass is 374 g/mol. The molecule has 0 aliphatic carbocycles. The van der Waals surface area contributed by atoms with Gasteiger partial charge in [-0.2, -0.15) is 4.31 Å². The average Bonchev–Trinajstić information content (AvgIpc) is 2.66. The van der Waals surface area contributed by atoms with Crippen molar-refractivity contribution in [1.82, 2.24) is 19.2 Å². The van der Waals surface area contributed by atoms with Crippen molar-refractivity contribution in [3.8, 4) is 0 Å². The van der Waals surface area contributed by atoms with Crippen molar-refractivity contribution in [2.24, 2.45) is 0 Å². The van der Waals surface area contributed by atoms with E-state index >= 15 is 0 Å². The van der Waals surface area contributed by atoms with Crippen LogP contribution >= 0.6 is 0 Å². The van der Waals surface area contributed by atoms with Crippen molar-refractivity contribution in [3.63, 3.8) is 0 Å². The van der Waals surface area contributed by atoms with Crippen molar-refractivity contribution in [3.05, 3.63) is 60.2 Å². The van der Waals surface area contributed by atoms with Gasteiger partial charge in [0.05, 0.1) is 11.8 Å². The smallest absolute Gasteiger partial charge is 0.255 e. The van der Waals surface area contributed by atoms with Crippen LogP contribution in [0.5, 0.6) is 0 Å². The molecule has 3 rings (SSSR count). The van der Waals surface area contributed by atoms with E-state index in [1.807, 2.05) is 6.07 Å². The summed E-state index contributed by atoms with van der Waals surface area (Å²) in [6.45, 7) is 1.25. The van der Waals surface area contributed by atoms with Crippen LogP contribution in [0.3, 0.4) is 0 Å². The molecule has 0 radical (unpaired) electrons. The molecular weight excluding hydrogens is 352 g/mol. The predicted molar refractivity (Wildman–Crippen MR) is 97.8 cm³/mol. The minimum atomic E-state index is -3.42. The van der Waals surface area contributed by atoms with Gasteiger partial charge in [0.15, 0.2) is 0 Å². The van der Waals surface area contributed by atoms with Gasteiger partial charge in [0.1, 0.15) is 0 Å². The van der Waals surface area contributed by atoms with Crippen LogP contribution in [-0.4, -0.2) is 58.9 Å². The fourth-order valence-corrected chi connectivity index (χ4v) is 4.33. The number of carbonyl (C=O) groups is 1. The highest BCUT2D eigenvalue weighted by Gasteiger charge is 2.33. The zero-order valence-electron chi connectivity index (χ0n) is 14.7. The van der Waals surface area contributed by atoms with Gasteiger partial charge in [-0.1, -0.05) is 6.07 Å². The molecule has 1 fully saturated rings. The number of aromatic nitrogens is 2. The van der Waals surface area contributed by atoms with Gasteiger partial charge in [-0.05, 0) is 36.6 Å². The summed E-state index contributed by atoms with van der Waals surface area (Å²) in [4.78, 5) is 22.4. The Morgan fingerprint density at radius 3 is 2.58 bits per heavy atom. The molecule has 0 aromatic carbocycles. The lowest BCUT2D eigenvalue weighted by Crippen LogP contribution is -2.51. The number of hydrogen-bond acceptors (Lipinski definition) is 5. The normalized spacial score (nSPS) is 18.1. The molecule has 138 valence electrons. The Hall–Kier alpha value is -2.32. The Bertz CT molecular complexity index is 843. The fourth-order valence-electron chi connectivity index (χ4n) is 3.23. The first kappa shape index (κ1) is 18.5. The number of likely N-dealkylation sites (tertiary alicyclic amines) is 1. The third-order valence-corrected chi connectivity index (χ3v) is 5.77. The summed E-state index contributed by atoms with van der Waals surface area (Å²) >= 11 is 0. The Balaban J connectivity index is 1.78. The van der Waals surface area contributed by atoms with Crippen LogP contribution in [-0.2, 0) is 16.6 Å². The van der Waals surface area contributed by atoms with E-state index in [4.69, 9.17) is 0 Å². The number of carbonyl (C=O) groups excluding carboxylic acids is 1. The quantitative estimate of drug-likeness (QED) is 0.793. The van der Waals surface area contributed by atoms with E-state index in [1.165, 1.54) is 16.8 Å². The lowest BCUT2D eigenvalue weighted by atomic mass is 10.0. The molecule has 2 aromatic heterocycles. The zero-order chi connectivity index (χ0) is 18.6. The molecule has 0 N–H and O–H groups in total. The third-order valence-electron chi connectivity index (χ3n) is 4.49. The fraction of sp³-hybridized carbons (Fsp3) is 0.389. The number of amides is 1. The molecule has 1 aliphatic heterocycles.